The van der Waals surface area contributed by atoms with E-state index in [0.717, 1.165) is 34.1 Å². The molecule has 4 rings (SSSR count). The van der Waals surface area contributed by atoms with Crippen LogP contribution in [0.5, 0.6) is 0 Å². The van der Waals surface area contributed by atoms with E-state index in [2.05, 4.69) is 5.32 Å². The fraction of sp³-hybridized carbons (Fsp3) is 0.212. The van der Waals surface area contributed by atoms with Crippen LogP contribution in [0.2, 0.25) is 0 Å². The van der Waals surface area contributed by atoms with E-state index in [0.29, 0.717) is 0 Å². The van der Waals surface area contributed by atoms with Gasteiger partial charge in [-0.2, -0.15) is 0 Å². The molecule has 0 unspecified atom stereocenters. The summed E-state index contributed by atoms with van der Waals surface area (Å²) >= 11 is 0. The van der Waals surface area contributed by atoms with Crippen LogP contribution in [0.15, 0.2) is 114 Å². The third kappa shape index (κ3) is 8.04. The molecule has 2 amide bonds. The Kier molecular flexibility index (Phi) is 10.3. The molecule has 1 atom stereocenters. The van der Waals surface area contributed by atoms with Gasteiger partial charge in [-0.05, 0) is 61.9 Å². The van der Waals surface area contributed by atoms with Crippen LogP contribution in [0.3, 0.4) is 0 Å². The molecule has 0 heterocycles. The average molecular weight is 606 g/mol. The second-order valence-corrected chi connectivity index (χ2v) is 12.1. The first kappa shape index (κ1) is 31.4. The molecule has 1 N–H and O–H groups in total. The average Bonchev–Trinajstić information content (AvgIpc) is 2.99. The zero-order valence-corrected chi connectivity index (χ0v) is 24.7. The van der Waals surface area contributed by atoms with Gasteiger partial charge in [0.25, 0.3) is 10.0 Å². The van der Waals surface area contributed by atoms with E-state index in [1.54, 1.807) is 38.1 Å². The Bertz CT molecular complexity index is 1630. The van der Waals surface area contributed by atoms with Crippen LogP contribution >= 0.6 is 0 Å². The summed E-state index contributed by atoms with van der Waals surface area (Å²) in [5.41, 5.74) is 1.12. The summed E-state index contributed by atoms with van der Waals surface area (Å²) in [6.45, 7) is 2.59. The molecule has 224 valence electrons. The molecular formula is C33H33F2N3O4S. The highest BCUT2D eigenvalue weighted by Gasteiger charge is 2.35. The third-order valence-corrected chi connectivity index (χ3v) is 8.51. The number of nitrogens with one attached hydrogen (secondary N) is 1. The molecule has 4 aromatic rings. The normalized spacial score (nSPS) is 12.0. The van der Waals surface area contributed by atoms with Crippen molar-refractivity contribution in [3.8, 4) is 0 Å². The molecule has 43 heavy (non-hydrogen) atoms. The molecule has 0 saturated carbocycles. The summed E-state index contributed by atoms with van der Waals surface area (Å²) in [7, 11) is -4.36. The minimum atomic E-state index is -4.36. The summed E-state index contributed by atoms with van der Waals surface area (Å²) in [4.78, 5) is 28.9. The number of benzene rings is 4. The number of carbonyl (C=O) groups is 2. The van der Waals surface area contributed by atoms with Gasteiger partial charge >= 0.3 is 0 Å². The number of halogens is 2. The van der Waals surface area contributed by atoms with E-state index >= 15 is 0 Å². The topological polar surface area (TPSA) is 86.8 Å². The van der Waals surface area contributed by atoms with Crippen molar-refractivity contribution in [3.63, 3.8) is 0 Å². The van der Waals surface area contributed by atoms with Gasteiger partial charge in [0.15, 0.2) is 0 Å². The highest BCUT2D eigenvalue weighted by molar-refractivity contribution is 7.92. The van der Waals surface area contributed by atoms with Crippen LogP contribution in [0.1, 0.15) is 25.0 Å². The molecule has 0 aromatic heterocycles. The number of hydrogen-bond acceptors (Lipinski definition) is 4. The first-order chi connectivity index (χ1) is 20.6. The fourth-order valence-electron chi connectivity index (χ4n) is 4.60. The lowest BCUT2D eigenvalue weighted by Crippen LogP contribution is -2.54. The molecule has 0 fully saturated rings. The van der Waals surface area contributed by atoms with Crippen LogP contribution in [0, 0.1) is 11.6 Å². The van der Waals surface area contributed by atoms with Gasteiger partial charge in [0, 0.05) is 24.6 Å². The fourth-order valence-corrected chi connectivity index (χ4v) is 6.02. The third-order valence-electron chi connectivity index (χ3n) is 6.73. The van der Waals surface area contributed by atoms with Gasteiger partial charge in [0.1, 0.15) is 24.2 Å². The maximum atomic E-state index is 14.9. The minimum Gasteiger partial charge on any atom is -0.352 e. The van der Waals surface area contributed by atoms with E-state index in [1.807, 2.05) is 30.3 Å². The quantitative estimate of drug-likeness (QED) is 0.237. The second-order valence-electron chi connectivity index (χ2n) is 10.3. The van der Waals surface area contributed by atoms with Crippen molar-refractivity contribution in [2.45, 2.75) is 43.8 Å². The molecule has 0 aliphatic rings. The molecule has 4 aromatic carbocycles. The zero-order chi connectivity index (χ0) is 31.0. The Morgan fingerprint density at radius 1 is 0.791 bits per heavy atom. The summed E-state index contributed by atoms with van der Waals surface area (Å²) < 4.78 is 57.2. The van der Waals surface area contributed by atoms with Gasteiger partial charge in [0.05, 0.1) is 10.6 Å². The first-order valence-electron chi connectivity index (χ1n) is 13.8. The van der Waals surface area contributed by atoms with Gasteiger partial charge < -0.3 is 10.2 Å². The van der Waals surface area contributed by atoms with Crippen LogP contribution in [-0.4, -0.2) is 43.8 Å². The molecule has 10 heteroatoms. The predicted octanol–water partition coefficient (Wildman–Crippen LogP) is 5.32. The first-order valence-corrected chi connectivity index (χ1v) is 15.2. The van der Waals surface area contributed by atoms with E-state index < -0.39 is 46.1 Å². The lowest BCUT2D eigenvalue weighted by Gasteiger charge is -2.34. The number of anilines is 1. The van der Waals surface area contributed by atoms with Crippen molar-refractivity contribution in [1.82, 2.24) is 10.2 Å². The Hall–Kier alpha value is -4.57. The molecular weight excluding hydrogens is 572 g/mol. The van der Waals surface area contributed by atoms with E-state index in [4.69, 9.17) is 0 Å². The standard InChI is InChI=1S/C33H33F2N3O4S/c1-24(2)36-33(40)31(21-25-11-5-3-6-12-25)37(22-26-13-9-10-16-30(26)35)32(39)23-38(28-14-7-4-8-15-28)43(41,42)29-19-17-27(34)18-20-29/h3-20,24,31H,21-23H2,1-2H3,(H,36,40)/t31-/m1/s1. The van der Waals surface area contributed by atoms with Crippen LogP contribution in [0.4, 0.5) is 14.5 Å². The summed E-state index contributed by atoms with van der Waals surface area (Å²) in [5, 5.41) is 2.85. The van der Waals surface area contributed by atoms with E-state index in [9.17, 15) is 26.8 Å². The van der Waals surface area contributed by atoms with Crippen molar-refractivity contribution >= 4 is 27.5 Å². The smallest absolute Gasteiger partial charge is 0.264 e. The Morgan fingerprint density at radius 2 is 1.37 bits per heavy atom. The SMILES string of the molecule is CC(C)NC(=O)[C@@H](Cc1ccccc1)N(Cc1ccccc1F)C(=O)CN(c1ccccc1)S(=O)(=O)c1ccc(F)cc1. The minimum absolute atomic E-state index is 0.107. The molecule has 7 nitrogen and oxygen atoms in total. The van der Waals surface area contributed by atoms with Crippen LogP contribution in [-0.2, 0) is 32.6 Å². The van der Waals surface area contributed by atoms with Crippen molar-refractivity contribution in [2.24, 2.45) is 0 Å². The number of sulfonamides is 1. The van der Waals surface area contributed by atoms with Crippen molar-refractivity contribution in [3.05, 3.63) is 132 Å². The van der Waals surface area contributed by atoms with Gasteiger partial charge in [-0.25, -0.2) is 17.2 Å². The number of para-hydroxylation sites is 1. The maximum Gasteiger partial charge on any atom is 0.264 e. The van der Waals surface area contributed by atoms with Gasteiger partial charge in [0.2, 0.25) is 11.8 Å². The Labute approximate surface area is 250 Å². The van der Waals surface area contributed by atoms with E-state index in [1.165, 1.54) is 35.2 Å². The molecule has 0 radical (unpaired) electrons. The number of hydrogen-bond donors (Lipinski definition) is 1. The lowest BCUT2D eigenvalue weighted by molar-refractivity contribution is -0.140. The van der Waals surface area contributed by atoms with Crippen molar-refractivity contribution in [1.29, 1.82) is 0 Å². The van der Waals surface area contributed by atoms with Crippen LogP contribution < -0.4 is 9.62 Å². The second kappa shape index (κ2) is 14.1. The van der Waals surface area contributed by atoms with Gasteiger partial charge in [-0.15, -0.1) is 0 Å². The molecule has 0 bridgehead atoms. The monoisotopic (exact) mass is 605 g/mol. The molecule has 0 aliphatic carbocycles. The zero-order valence-electron chi connectivity index (χ0n) is 23.9. The number of rotatable bonds is 12. The Balaban J connectivity index is 1.79. The largest absolute Gasteiger partial charge is 0.352 e. The van der Waals surface area contributed by atoms with Crippen LogP contribution in [0.25, 0.3) is 0 Å². The van der Waals surface area contributed by atoms with E-state index in [-0.39, 0.29) is 35.2 Å². The van der Waals surface area contributed by atoms with Crippen molar-refractivity contribution in [2.75, 3.05) is 10.8 Å². The highest BCUT2D eigenvalue weighted by Crippen LogP contribution is 2.25. The maximum absolute atomic E-state index is 14.9. The van der Waals surface area contributed by atoms with Crippen molar-refractivity contribution < 1.29 is 26.8 Å². The summed E-state index contributed by atoms with van der Waals surface area (Å²) in [5.74, 6) is -2.37. The number of carbonyl (C=O) groups excluding carboxylic acids is 2. The predicted molar refractivity (Wildman–Crippen MR) is 162 cm³/mol. The molecule has 0 aliphatic heterocycles. The highest BCUT2D eigenvalue weighted by atomic mass is 32.2. The Morgan fingerprint density at radius 3 is 1.98 bits per heavy atom. The van der Waals surface area contributed by atoms with Gasteiger partial charge in [-0.3, -0.25) is 13.9 Å². The molecule has 0 saturated heterocycles. The van der Waals surface area contributed by atoms with Gasteiger partial charge in [-0.1, -0.05) is 66.7 Å². The lowest BCUT2D eigenvalue weighted by atomic mass is 10.0. The number of nitrogens with zero attached hydrogens (tertiary/aromatic N) is 2. The summed E-state index contributed by atoms with van der Waals surface area (Å²) in [6, 6.07) is 25.9. The summed E-state index contributed by atoms with van der Waals surface area (Å²) in [6.07, 6.45) is 0.107. The number of amides is 2. The molecule has 0 spiro atoms.